The number of carbonyl (C=O) groups excluding carboxylic acids is 1. The zero-order chi connectivity index (χ0) is 26.1. The van der Waals surface area contributed by atoms with E-state index >= 15 is 0 Å². The number of H-pyrrole nitrogens is 1. The van der Waals surface area contributed by atoms with Gasteiger partial charge in [-0.2, -0.15) is 0 Å². The molecule has 0 radical (unpaired) electrons. The molecule has 2 fully saturated rings. The maximum atomic E-state index is 14.8. The van der Waals surface area contributed by atoms with Crippen molar-refractivity contribution in [2.24, 2.45) is 0 Å². The van der Waals surface area contributed by atoms with Gasteiger partial charge in [0, 0.05) is 43.5 Å². The molecule has 2 saturated heterocycles. The second kappa shape index (κ2) is 10.3. The molecule has 2 aliphatic rings. The summed E-state index contributed by atoms with van der Waals surface area (Å²) < 4.78 is 14.8. The van der Waals surface area contributed by atoms with E-state index < -0.39 is 11.8 Å². The number of anilines is 4. The van der Waals surface area contributed by atoms with Crippen LogP contribution in [0, 0.1) is 5.82 Å². The van der Waals surface area contributed by atoms with Crippen molar-refractivity contribution < 1.29 is 9.18 Å². The van der Waals surface area contributed by atoms with Crippen molar-refractivity contribution >= 4 is 39.9 Å². The fourth-order valence-corrected chi connectivity index (χ4v) is 5.87. The second-order valence-corrected chi connectivity index (χ2v) is 10.2. The van der Waals surface area contributed by atoms with E-state index in [9.17, 15) is 9.18 Å². The molecule has 38 heavy (non-hydrogen) atoms. The summed E-state index contributed by atoms with van der Waals surface area (Å²) in [4.78, 5) is 29.5. The summed E-state index contributed by atoms with van der Waals surface area (Å²) in [6.45, 7) is 4.76. The Morgan fingerprint density at radius 3 is 2.79 bits per heavy atom. The van der Waals surface area contributed by atoms with Gasteiger partial charge in [-0.3, -0.25) is 0 Å². The highest BCUT2D eigenvalue weighted by atomic mass is 19.1. The molecule has 0 saturated carbocycles. The molecule has 4 aromatic rings. The number of hydrogen-bond donors (Lipinski definition) is 3. The van der Waals surface area contributed by atoms with Crippen molar-refractivity contribution in [1.82, 2.24) is 15.0 Å². The predicted molar refractivity (Wildman–Crippen MR) is 150 cm³/mol. The molecule has 2 aromatic carbocycles. The fourth-order valence-electron chi connectivity index (χ4n) is 5.87. The van der Waals surface area contributed by atoms with Crippen LogP contribution in [0.5, 0.6) is 0 Å². The highest BCUT2D eigenvalue weighted by Gasteiger charge is 2.26. The molecular formula is C29H32FN7O. The van der Waals surface area contributed by atoms with Gasteiger partial charge in [-0.25, -0.2) is 19.2 Å². The van der Waals surface area contributed by atoms with Crippen molar-refractivity contribution in [3.63, 3.8) is 0 Å². The average Bonchev–Trinajstić information content (AvgIpc) is 3.59. The van der Waals surface area contributed by atoms with Gasteiger partial charge in [-0.15, -0.1) is 0 Å². The number of carbonyl (C=O) groups is 1. The quantitative estimate of drug-likeness (QED) is 0.299. The third kappa shape index (κ3) is 4.76. The molecule has 0 bridgehead atoms. The van der Waals surface area contributed by atoms with Gasteiger partial charge in [-0.05, 0) is 68.5 Å². The molecule has 0 spiro atoms. The van der Waals surface area contributed by atoms with E-state index in [1.165, 1.54) is 6.07 Å². The molecule has 0 aliphatic carbocycles. The van der Waals surface area contributed by atoms with Gasteiger partial charge in [0.1, 0.15) is 29.3 Å². The van der Waals surface area contributed by atoms with Crippen LogP contribution in [0.15, 0.2) is 61.1 Å². The Morgan fingerprint density at radius 2 is 1.92 bits per heavy atom. The number of rotatable bonds is 5. The third-order valence-corrected chi connectivity index (χ3v) is 7.76. The number of hydrogen-bond acceptors (Lipinski definition) is 5. The van der Waals surface area contributed by atoms with Gasteiger partial charge in [0.25, 0.3) is 0 Å². The van der Waals surface area contributed by atoms with Gasteiger partial charge in [0.05, 0.1) is 11.1 Å². The highest BCUT2D eigenvalue weighted by Crippen LogP contribution is 2.35. The molecule has 2 unspecified atom stereocenters. The summed E-state index contributed by atoms with van der Waals surface area (Å²) in [7, 11) is 0. The number of aromatic amines is 1. The summed E-state index contributed by atoms with van der Waals surface area (Å²) >= 11 is 0. The van der Waals surface area contributed by atoms with Crippen LogP contribution in [-0.4, -0.2) is 46.7 Å². The Morgan fingerprint density at radius 1 is 1.05 bits per heavy atom. The number of fused-ring (bicyclic) bond motifs is 1. The number of aromatic nitrogens is 3. The smallest absolute Gasteiger partial charge is 0.323 e. The van der Waals surface area contributed by atoms with E-state index in [2.05, 4.69) is 48.4 Å². The zero-order valence-electron chi connectivity index (χ0n) is 21.5. The molecule has 196 valence electrons. The van der Waals surface area contributed by atoms with E-state index in [1.807, 2.05) is 36.5 Å². The lowest BCUT2D eigenvalue weighted by molar-refractivity contribution is 0.262. The van der Waals surface area contributed by atoms with Crippen LogP contribution in [0.3, 0.4) is 0 Å². The van der Waals surface area contributed by atoms with Gasteiger partial charge in [0.15, 0.2) is 0 Å². The second-order valence-electron chi connectivity index (χ2n) is 10.2. The van der Waals surface area contributed by atoms with E-state index in [0.717, 1.165) is 73.4 Å². The summed E-state index contributed by atoms with van der Waals surface area (Å²) in [6, 6.07) is 14.8. The fraction of sp³-hybridized carbons (Fsp3) is 0.345. The van der Waals surface area contributed by atoms with Crippen molar-refractivity contribution in [3.8, 4) is 0 Å². The Hall–Kier alpha value is -4.14. The van der Waals surface area contributed by atoms with E-state index in [-0.39, 0.29) is 5.69 Å². The van der Waals surface area contributed by atoms with Crippen molar-refractivity contribution in [2.45, 2.75) is 44.6 Å². The number of para-hydroxylation sites is 1. The molecule has 3 N–H and O–H groups in total. The number of halogens is 1. The number of nitrogens with one attached hydrogen (secondary N) is 3. The molecule has 2 atom stereocenters. The standard InChI is InChI=1S/C29H32FN7O/c1-19-6-4-15-37(19)25-11-3-10-24(30)26(25)35-29(38)34-22-9-2-7-20(16-22)21-8-5-14-36(17-21)28-23-12-13-31-27(23)32-18-33-28/h2-3,7,9-13,16,18-19,21H,4-6,8,14-15,17H2,1H3,(H,31,32,33)(H2,34,35,38). The monoisotopic (exact) mass is 513 g/mol. The molecule has 6 rings (SSSR count). The Balaban J connectivity index is 1.16. The van der Waals surface area contributed by atoms with E-state index in [1.54, 1.807) is 12.4 Å². The van der Waals surface area contributed by atoms with Gasteiger partial charge < -0.3 is 25.4 Å². The SMILES string of the molecule is CC1CCCN1c1cccc(F)c1NC(=O)Nc1cccc(C2CCCN(c3ncnc4[nH]ccc34)C2)c1. The molecule has 8 nitrogen and oxygen atoms in total. The van der Waals surface area contributed by atoms with Crippen molar-refractivity contribution in [1.29, 1.82) is 0 Å². The lowest BCUT2D eigenvalue weighted by atomic mass is 9.90. The Kier molecular flexibility index (Phi) is 6.57. The van der Waals surface area contributed by atoms with Gasteiger partial charge in [-0.1, -0.05) is 18.2 Å². The number of amides is 2. The zero-order valence-corrected chi connectivity index (χ0v) is 21.5. The lowest BCUT2D eigenvalue weighted by Gasteiger charge is -2.34. The molecule has 2 amide bonds. The Labute approximate surface area is 221 Å². The summed E-state index contributed by atoms with van der Waals surface area (Å²) in [5.74, 6) is 0.809. The van der Waals surface area contributed by atoms with Crippen LogP contribution in [0.2, 0.25) is 0 Å². The summed E-state index contributed by atoms with van der Waals surface area (Å²) in [5, 5.41) is 6.71. The number of benzene rings is 2. The first kappa shape index (κ1) is 24.2. The average molecular weight is 514 g/mol. The minimum Gasteiger partial charge on any atom is -0.367 e. The predicted octanol–water partition coefficient (Wildman–Crippen LogP) is 6.11. The molecule has 2 aromatic heterocycles. The van der Waals surface area contributed by atoms with Crippen LogP contribution in [0.1, 0.15) is 44.1 Å². The van der Waals surface area contributed by atoms with Crippen molar-refractivity contribution in [2.75, 3.05) is 40.1 Å². The first-order valence-electron chi connectivity index (χ1n) is 13.3. The molecule has 9 heteroatoms. The van der Waals surface area contributed by atoms with E-state index in [4.69, 9.17) is 0 Å². The normalized spacial score (nSPS) is 19.6. The third-order valence-electron chi connectivity index (χ3n) is 7.76. The van der Waals surface area contributed by atoms with Crippen LogP contribution >= 0.6 is 0 Å². The molecular weight excluding hydrogens is 481 g/mol. The van der Waals surface area contributed by atoms with Crippen molar-refractivity contribution in [3.05, 3.63) is 72.4 Å². The lowest BCUT2D eigenvalue weighted by Crippen LogP contribution is -2.35. The maximum Gasteiger partial charge on any atom is 0.323 e. The number of nitrogens with zero attached hydrogens (tertiary/aromatic N) is 4. The van der Waals surface area contributed by atoms with Crippen LogP contribution in [-0.2, 0) is 0 Å². The van der Waals surface area contributed by atoms with Gasteiger partial charge in [0.2, 0.25) is 0 Å². The topological polar surface area (TPSA) is 89.2 Å². The summed E-state index contributed by atoms with van der Waals surface area (Å²) in [6.07, 6.45) is 7.71. The summed E-state index contributed by atoms with van der Waals surface area (Å²) in [5.41, 5.74) is 3.62. The van der Waals surface area contributed by atoms with Crippen LogP contribution < -0.4 is 20.4 Å². The first-order chi connectivity index (χ1) is 18.6. The number of piperidine rings is 1. The molecule has 4 heterocycles. The highest BCUT2D eigenvalue weighted by molar-refractivity contribution is 6.02. The minimum atomic E-state index is -0.457. The van der Waals surface area contributed by atoms with Crippen LogP contribution in [0.25, 0.3) is 11.0 Å². The maximum absolute atomic E-state index is 14.8. The minimum absolute atomic E-state index is 0.221. The first-order valence-corrected chi connectivity index (χ1v) is 13.3. The number of urea groups is 1. The molecule has 2 aliphatic heterocycles. The van der Waals surface area contributed by atoms with E-state index in [0.29, 0.717) is 17.6 Å². The largest absolute Gasteiger partial charge is 0.367 e. The Bertz CT molecular complexity index is 1450. The van der Waals surface area contributed by atoms with Gasteiger partial charge >= 0.3 is 6.03 Å². The van der Waals surface area contributed by atoms with Crippen LogP contribution in [0.4, 0.5) is 32.1 Å².